The Morgan fingerprint density at radius 2 is 1.67 bits per heavy atom. The van der Waals surface area contributed by atoms with Crippen LogP contribution in [-0.2, 0) is 27.2 Å². The molecule has 10 nitrogen and oxygen atoms in total. The van der Waals surface area contributed by atoms with Crippen molar-refractivity contribution in [2.75, 3.05) is 36.7 Å². The number of ether oxygens (including phenoxy) is 3. The van der Waals surface area contributed by atoms with E-state index in [9.17, 15) is 14.4 Å². The Hall–Kier alpha value is -4.59. The summed E-state index contributed by atoms with van der Waals surface area (Å²) in [5.74, 6) is -0.190. The Morgan fingerprint density at radius 1 is 0.939 bits per heavy atom. The van der Waals surface area contributed by atoms with Crippen molar-refractivity contribution in [3.05, 3.63) is 100 Å². The van der Waals surface area contributed by atoms with Crippen LogP contribution in [0, 0.1) is 0 Å². The summed E-state index contributed by atoms with van der Waals surface area (Å²) in [5, 5.41) is 9.50. The van der Waals surface area contributed by atoms with Gasteiger partial charge >= 0.3 is 12.1 Å². The first-order valence-electron chi connectivity index (χ1n) is 15.5. The molecule has 0 saturated carbocycles. The van der Waals surface area contributed by atoms with Gasteiger partial charge in [0.05, 0.1) is 32.0 Å². The summed E-state index contributed by atoms with van der Waals surface area (Å²) in [5.41, 5.74) is 2.70. The SMILES string of the molecule is COC(=O)c1c(NC(=O)C(Sc2cccc(NC(=S)Nc3ccccc3OC)c2)c2ccccc2)sc2c1CCN(C(=O)OC(C)(C)C)C2. The Kier molecular flexibility index (Phi) is 11.5. The molecular weight excluding hydrogens is 681 g/mol. The van der Waals surface area contributed by atoms with Crippen molar-refractivity contribution in [2.24, 2.45) is 0 Å². The number of nitrogens with one attached hydrogen (secondary N) is 3. The number of nitrogens with zero attached hydrogens (tertiary/aromatic N) is 1. The van der Waals surface area contributed by atoms with Gasteiger partial charge in [0, 0.05) is 22.0 Å². The molecule has 49 heavy (non-hydrogen) atoms. The van der Waals surface area contributed by atoms with Crippen LogP contribution < -0.4 is 20.7 Å². The van der Waals surface area contributed by atoms with E-state index < -0.39 is 22.9 Å². The van der Waals surface area contributed by atoms with Gasteiger partial charge in [0.15, 0.2) is 5.11 Å². The quantitative estimate of drug-likeness (QED) is 0.0890. The summed E-state index contributed by atoms with van der Waals surface area (Å²) in [6.07, 6.45) is 0.000798. The average molecular weight is 719 g/mol. The number of hydrogen-bond acceptors (Lipinski definition) is 9. The fourth-order valence-corrected chi connectivity index (χ4v) is 7.75. The maximum Gasteiger partial charge on any atom is 0.410 e. The molecule has 13 heteroatoms. The number of esters is 1. The van der Waals surface area contributed by atoms with Crippen molar-refractivity contribution < 1.29 is 28.6 Å². The second kappa shape index (κ2) is 15.7. The minimum absolute atomic E-state index is 0.263. The summed E-state index contributed by atoms with van der Waals surface area (Å²) < 4.78 is 16.1. The molecule has 1 unspecified atom stereocenters. The molecule has 0 bridgehead atoms. The molecule has 0 fully saturated rings. The van der Waals surface area contributed by atoms with Crippen molar-refractivity contribution in [3.8, 4) is 5.75 Å². The van der Waals surface area contributed by atoms with Gasteiger partial charge in [-0.3, -0.25) is 4.79 Å². The van der Waals surface area contributed by atoms with Crippen LogP contribution in [0.5, 0.6) is 5.75 Å². The van der Waals surface area contributed by atoms with Gasteiger partial charge < -0.3 is 35.1 Å². The Bertz CT molecular complexity index is 1840. The third-order valence-corrected chi connectivity index (χ3v) is 9.96. The second-order valence-electron chi connectivity index (χ2n) is 12.1. The molecule has 1 aliphatic rings. The molecule has 256 valence electrons. The zero-order valence-electron chi connectivity index (χ0n) is 27.8. The first-order chi connectivity index (χ1) is 23.5. The highest BCUT2D eigenvalue weighted by Crippen LogP contribution is 2.41. The molecule has 0 saturated heterocycles. The predicted molar refractivity (Wildman–Crippen MR) is 199 cm³/mol. The fourth-order valence-electron chi connectivity index (χ4n) is 5.19. The Morgan fingerprint density at radius 3 is 2.39 bits per heavy atom. The minimum atomic E-state index is -0.669. The molecule has 1 aliphatic heterocycles. The molecule has 3 aromatic carbocycles. The van der Waals surface area contributed by atoms with Crippen LogP contribution in [0.3, 0.4) is 0 Å². The topological polar surface area (TPSA) is 118 Å². The Labute approximate surface area is 299 Å². The van der Waals surface area contributed by atoms with E-state index >= 15 is 0 Å². The van der Waals surface area contributed by atoms with Gasteiger partial charge in [-0.05, 0) is 80.9 Å². The zero-order valence-corrected chi connectivity index (χ0v) is 30.3. The molecule has 0 spiro atoms. The van der Waals surface area contributed by atoms with E-state index in [4.69, 9.17) is 26.4 Å². The number of hydrogen-bond donors (Lipinski definition) is 3. The van der Waals surface area contributed by atoms with Crippen molar-refractivity contribution in [1.29, 1.82) is 0 Å². The van der Waals surface area contributed by atoms with Crippen LogP contribution >= 0.6 is 35.3 Å². The van der Waals surface area contributed by atoms with Crippen LogP contribution in [0.2, 0.25) is 0 Å². The lowest BCUT2D eigenvalue weighted by Crippen LogP contribution is -2.39. The number of rotatable bonds is 9. The van der Waals surface area contributed by atoms with Crippen LogP contribution in [-0.4, -0.2) is 54.3 Å². The number of benzene rings is 3. The van der Waals surface area contributed by atoms with Gasteiger partial charge in [-0.25, -0.2) is 9.59 Å². The minimum Gasteiger partial charge on any atom is -0.495 e. The number of methoxy groups -OCH3 is 2. The Balaban J connectivity index is 1.36. The third kappa shape index (κ3) is 9.11. The molecule has 0 aliphatic carbocycles. The molecule has 1 aromatic heterocycles. The van der Waals surface area contributed by atoms with Crippen molar-refractivity contribution in [2.45, 2.75) is 49.5 Å². The van der Waals surface area contributed by atoms with Crippen LogP contribution in [0.15, 0.2) is 83.8 Å². The van der Waals surface area contributed by atoms with Crippen LogP contribution in [0.25, 0.3) is 0 Å². The third-order valence-electron chi connectivity index (χ3n) is 7.38. The number of carbonyl (C=O) groups is 3. The number of thioether (sulfide) groups is 1. The van der Waals surface area contributed by atoms with E-state index in [2.05, 4.69) is 16.0 Å². The maximum absolute atomic E-state index is 14.1. The summed E-state index contributed by atoms with van der Waals surface area (Å²) in [6.45, 7) is 6.09. The van der Waals surface area contributed by atoms with Gasteiger partial charge in [-0.2, -0.15) is 0 Å². The molecule has 4 aromatic rings. The lowest BCUT2D eigenvalue weighted by molar-refractivity contribution is -0.115. The summed E-state index contributed by atoms with van der Waals surface area (Å²) in [7, 11) is 2.91. The van der Waals surface area contributed by atoms with E-state index in [0.29, 0.717) is 34.4 Å². The van der Waals surface area contributed by atoms with Gasteiger partial charge in [0.2, 0.25) is 5.91 Å². The van der Waals surface area contributed by atoms with Crippen molar-refractivity contribution in [3.63, 3.8) is 0 Å². The number of thiophene rings is 1. The van der Waals surface area contributed by atoms with Gasteiger partial charge in [0.25, 0.3) is 0 Å². The molecule has 3 N–H and O–H groups in total. The van der Waals surface area contributed by atoms with Crippen LogP contribution in [0.4, 0.5) is 21.2 Å². The van der Waals surface area contributed by atoms with E-state index in [1.807, 2.05) is 99.6 Å². The average Bonchev–Trinajstić information content (AvgIpc) is 3.43. The summed E-state index contributed by atoms with van der Waals surface area (Å²) in [6, 6.07) is 24.5. The first kappa shape index (κ1) is 35.7. The molecule has 2 amide bonds. The van der Waals surface area contributed by atoms with Crippen molar-refractivity contribution >= 4 is 74.8 Å². The number of fused-ring (bicyclic) bond motifs is 1. The number of anilines is 3. The molecular formula is C36H38N4O6S3. The first-order valence-corrected chi connectivity index (χ1v) is 17.6. The maximum atomic E-state index is 14.1. The second-order valence-corrected chi connectivity index (χ2v) is 14.7. The largest absolute Gasteiger partial charge is 0.495 e. The standard InChI is InChI=1S/C36H38N4O6S3/c1-36(2,3)46-35(43)40-19-18-25-28(21-40)49-32(29(25)33(42)45-5)39-31(41)30(22-12-7-6-8-13-22)48-24-15-11-14-23(20-24)37-34(47)38-26-16-9-10-17-27(26)44-4/h6-17,20,30H,18-19,21H2,1-5H3,(H,39,41)(H2,37,38,47). The number of carbonyl (C=O) groups excluding carboxylic acids is 3. The number of thiocarbonyl (C=S) groups is 1. The number of para-hydroxylation sites is 2. The van der Waals surface area contributed by atoms with E-state index in [-0.39, 0.29) is 12.5 Å². The predicted octanol–water partition coefficient (Wildman–Crippen LogP) is 8.12. The monoisotopic (exact) mass is 718 g/mol. The lowest BCUT2D eigenvalue weighted by Gasteiger charge is -2.30. The zero-order chi connectivity index (χ0) is 35.1. The highest BCUT2D eigenvalue weighted by molar-refractivity contribution is 8.00. The van der Waals surface area contributed by atoms with Gasteiger partial charge in [-0.1, -0.05) is 48.5 Å². The summed E-state index contributed by atoms with van der Waals surface area (Å²) in [4.78, 5) is 43.2. The van der Waals surface area contributed by atoms with Gasteiger partial charge in [-0.15, -0.1) is 23.1 Å². The van der Waals surface area contributed by atoms with E-state index in [0.717, 1.165) is 32.3 Å². The number of amides is 2. The van der Waals surface area contributed by atoms with Crippen LogP contribution in [0.1, 0.15) is 52.4 Å². The van der Waals surface area contributed by atoms with Crippen molar-refractivity contribution in [1.82, 2.24) is 4.90 Å². The highest BCUT2D eigenvalue weighted by Gasteiger charge is 2.33. The highest BCUT2D eigenvalue weighted by atomic mass is 32.2. The fraction of sp³-hybridized carbons (Fsp3) is 0.278. The van der Waals surface area contributed by atoms with E-state index in [1.165, 1.54) is 30.2 Å². The molecule has 2 heterocycles. The van der Waals surface area contributed by atoms with E-state index in [1.54, 1.807) is 12.0 Å². The lowest BCUT2D eigenvalue weighted by atomic mass is 10.0. The summed E-state index contributed by atoms with van der Waals surface area (Å²) >= 11 is 8.20. The molecule has 1 atom stereocenters. The molecule has 5 rings (SSSR count). The van der Waals surface area contributed by atoms with Gasteiger partial charge in [0.1, 0.15) is 21.6 Å². The smallest absolute Gasteiger partial charge is 0.410 e. The molecule has 0 radical (unpaired) electrons. The normalized spacial score (nSPS) is 13.0.